The molecule has 1 atom stereocenters. The summed E-state index contributed by atoms with van der Waals surface area (Å²) in [7, 11) is 0. The highest BCUT2D eigenvalue weighted by atomic mass is 32.1. The second kappa shape index (κ2) is 10.4. The van der Waals surface area contributed by atoms with Crippen LogP contribution in [0.3, 0.4) is 0 Å². The summed E-state index contributed by atoms with van der Waals surface area (Å²) in [6.07, 6.45) is 2.32. The average molecular weight is 536 g/mol. The lowest BCUT2D eigenvalue weighted by Crippen LogP contribution is -2.29. The summed E-state index contributed by atoms with van der Waals surface area (Å²) in [5, 5.41) is 9.72. The Morgan fingerprint density at radius 1 is 1.16 bits per heavy atom. The van der Waals surface area contributed by atoms with Crippen LogP contribution in [0.15, 0.2) is 58.3 Å². The number of hydrogen-bond donors (Lipinski definition) is 0. The molecule has 8 nitrogen and oxygen atoms in total. The number of rotatable bonds is 9. The van der Waals surface area contributed by atoms with E-state index in [1.807, 2.05) is 6.92 Å². The number of benzene rings is 2. The first kappa shape index (κ1) is 25.6. The first-order chi connectivity index (χ1) is 18.3. The summed E-state index contributed by atoms with van der Waals surface area (Å²) < 4.78 is 31.5. The third kappa shape index (κ3) is 4.56. The van der Waals surface area contributed by atoms with Gasteiger partial charge >= 0.3 is 0 Å². The van der Waals surface area contributed by atoms with Crippen molar-refractivity contribution >= 4 is 33.3 Å². The van der Waals surface area contributed by atoms with Crippen molar-refractivity contribution in [3.05, 3.63) is 87.0 Å². The zero-order valence-corrected chi connectivity index (χ0v) is 22.0. The molecule has 0 saturated carbocycles. The summed E-state index contributed by atoms with van der Waals surface area (Å²) in [6, 6.07) is 7.97. The number of nitrogens with zero attached hydrogens (tertiary/aromatic N) is 3. The van der Waals surface area contributed by atoms with E-state index in [-0.39, 0.29) is 28.9 Å². The lowest BCUT2D eigenvalue weighted by molar-refractivity contribution is 0.0970. The molecular formula is C28H26FN3O5S. The van der Waals surface area contributed by atoms with Crippen LogP contribution in [0.1, 0.15) is 53.5 Å². The molecule has 1 aliphatic heterocycles. The molecule has 196 valence electrons. The molecule has 5 rings (SSSR count). The molecule has 0 aliphatic carbocycles. The highest BCUT2D eigenvalue weighted by Gasteiger charge is 2.45. The molecule has 4 aromatic rings. The average Bonchev–Trinajstić information content (AvgIpc) is 3.45. The Kier molecular flexibility index (Phi) is 6.98. The van der Waals surface area contributed by atoms with Crippen LogP contribution in [0.4, 0.5) is 9.52 Å². The number of carbonyl (C=O) groups is 1. The maximum Gasteiger partial charge on any atom is 0.297 e. The number of fused-ring (bicyclic) bond motifs is 2. The van der Waals surface area contributed by atoms with Crippen molar-refractivity contribution in [2.45, 2.75) is 33.2 Å². The van der Waals surface area contributed by atoms with E-state index < -0.39 is 23.2 Å². The van der Waals surface area contributed by atoms with E-state index in [1.54, 1.807) is 24.3 Å². The van der Waals surface area contributed by atoms with Gasteiger partial charge in [-0.3, -0.25) is 14.5 Å². The fourth-order valence-corrected chi connectivity index (χ4v) is 5.54. The summed E-state index contributed by atoms with van der Waals surface area (Å²) in [5.41, 5.74) is 0.328. The van der Waals surface area contributed by atoms with Crippen LogP contribution in [0.25, 0.3) is 11.0 Å². The minimum atomic E-state index is -0.895. The topological polar surface area (TPSA) is 94.8 Å². The largest absolute Gasteiger partial charge is 0.490 e. The number of aromatic nitrogens is 2. The lowest BCUT2D eigenvalue weighted by atomic mass is 9.98. The summed E-state index contributed by atoms with van der Waals surface area (Å²) >= 11 is 1.28. The minimum absolute atomic E-state index is 0.0529. The number of ether oxygens (including phenoxy) is 2. The second-order valence-corrected chi connectivity index (χ2v) is 10.2. The number of amides is 1. The van der Waals surface area contributed by atoms with Crippen LogP contribution in [-0.2, 0) is 6.42 Å². The van der Waals surface area contributed by atoms with E-state index >= 15 is 0 Å². The van der Waals surface area contributed by atoms with Gasteiger partial charge in [-0.2, -0.15) is 0 Å². The second-order valence-electron chi connectivity index (χ2n) is 9.21. The maximum absolute atomic E-state index is 14.1. The van der Waals surface area contributed by atoms with E-state index in [4.69, 9.17) is 13.9 Å². The fraction of sp³-hybridized carbons (Fsp3) is 0.286. The molecule has 3 heterocycles. The third-order valence-electron chi connectivity index (χ3n) is 6.02. The van der Waals surface area contributed by atoms with Crippen LogP contribution >= 0.6 is 11.3 Å². The van der Waals surface area contributed by atoms with Gasteiger partial charge in [-0.05, 0) is 48.7 Å². The van der Waals surface area contributed by atoms with Gasteiger partial charge in [0.1, 0.15) is 23.0 Å². The van der Waals surface area contributed by atoms with Crippen LogP contribution < -0.4 is 19.8 Å². The summed E-state index contributed by atoms with van der Waals surface area (Å²) in [4.78, 5) is 28.9. The molecule has 2 aromatic heterocycles. The van der Waals surface area contributed by atoms with Gasteiger partial charge < -0.3 is 13.9 Å². The van der Waals surface area contributed by atoms with Gasteiger partial charge in [-0.1, -0.05) is 43.9 Å². The van der Waals surface area contributed by atoms with Crippen LogP contribution in [0.2, 0.25) is 0 Å². The Hall–Kier alpha value is -4.05. The van der Waals surface area contributed by atoms with E-state index in [1.165, 1.54) is 28.4 Å². The van der Waals surface area contributed by atoms with Gasteiger partial charge in [0.15, 0.2) is 16.9 Å². The predicted molar refractivity (Wildman–Crippen MR) is 143 cm³/mol. The number of anilines is 1. The normalized spacial score (nSPS) is 14.8. The monoisotopic (exact) mass is 535 g/mol. The molecule has 1 aliphatic rings. The Morgan fingerprint density at radius 2 is 1.97 bits per heavy atom. The van der Waals surface area contributed by atoms with Crippen molar-refractivity contribution in [1.29, 1.82) is 0 Å². The van der Waals surface area contributed by atoms with Crippen LogP contribution in [0.5, 0.6) is 11.5 Å². The number of carbonyl (C=O) groups excluding carboxylic acids is 1. The third-order valence-corrected chi connectivity index (χ3v) is 6.96. The summed E-state index contributed by atoms with van der Waals surface area (Å²) in [6.45, 7) is 10.3. The molecule has 0 saturated heterocycles. The molecule has 2 aromatic carbocycles. The standard InChI is InChI=1S/C28H26FN3O5S/c1-5-11-36-20-9-7-16(13-21(20)35-6-2)24-23-25(33)18-14-17(29)8-10-19(18)37-26(23)27(34)32(24)28-31-30-22(38-28)12-15(3)4/h5,7-10,13-15,24H,1,6,11-12H2,2-4H3. The molecule has 10 heteroatoms. The molecule has 1 amide bonds. The molecular weight excluding hydrogens is 509 g/mol. The highest BCUT2D eigenvalue weighted by Crippen LogP contribution is 2.44. The van der Waals surface area contributed by atoms with Crippen LogP contribution in [-0.4, -0.2) is 29.3 Å². The Labute approximate surface area is 222 Å². The van der Waals surface area contributed by atoms with E-state index in [0.717, 1.165) is 11.1 Å². The van der Waals surface area contributed by atoms with Crippen molar-refractivity contribution in [1.82, 2.24) is 10.2 Å². The Balaban J connectivity index is 1.72. The molecule has 38 heavy (non-hydrogen) atoms. The zero-order valence-electron chi connectivity index (χ0n) is 21.2. The molecule has 0 radical (unpaired) electrons. The van der Waals surface area contributed by atoms with Gasteiger partial charge in [0, 0.05) is 6.42 Å². The highest BCUT2D eigenvalue weighted by molar-refractivity contribution is 7.15. The zero-order chi connectivity index (χ0) is 27.0. The predicted octanol–water partition coefficient (Wildman–Crippen LogP) is 5.70. The lowest BCUT2D eigenvalue weighted by Gasteiger charge is -2.23. The molecule has 1 unspecified atom stereocenters. The Morgan fingerprint density at radius 3 is 2.71 bits per heavy atom. The number of hydrogen-bond acceptors (Lipinski definition) is 8. The van der Waals surface area contributed by atoms with Gasteiger partial charge in [-0.15, -0.1) is 10.2 Å². The Bertz CT molecular complexity index is 1600. The van der Waals surface area contributed by atoms with Crippen molar-refractivity contribution in [2.75, 3.05) is 18.1 Å². The molecule has 0 N–H and O–H groups in total. The van der Waals surface area contributed by atoms with Gasteiger partial charge in [0.2, 0.25) is 10.9 Å². The van der Waals surface area contributed by atoms with Crippen molar-refractivity contribution in [3.63, 3.8) is 0 Å². The summed E-state index contributed by atoms with van der Waals surface area (Å²) in [5.74, 6) is 0.0804. The molecule has 0 bridgehead atoms. The van der Waals surface area contributed by atoms with Gasteiger partial charge in [0.25, 0.3) is 5.91 Å². The fourth-order valence-electron chi connectivity index (χ4n) is 4.46. The maximum atomic E-state index is 14.1. The van der Waals surface area contributed by atoms with E-state index in [9.17, 15) is 14.0 Å². The van der Waals surface area contributed by atoms with Crippen molar-refractivity contribution in [2.24, 2.45) is 5.92 Å². The van der Waals surface area contributed by atoms with Gasteiger partial charge in [0.05, 0.1) is 23.6 Å². The van der Waals surface area contributed by atoms with Crippen LogP contribution in [0, 0.1) is 11.7 Å². The van der Waals surface area contributed by atoms with E-state index in [0.29, 0.717) is 41.1 Å². The smallest absolute Gasteiger partial charge is 0.297 e. The van der Waals surface area contributed by atoms with Crippen molar-refractivity contribution in [3.8, 4) is 11.5 Å². The molecule has 0 fully saturated rings. The van der Waals surface area contributed by atoms with Crippen molar-refractivity contribution < 1.29 is 23.1 Å². The van der Waals surface area contributed by atoms with Gasteiger partial charge in [-0.25, -0.2) is 4.39 Å². The first-order valence-electron chi connectivity index (χ1n) is 12.2. The molecule has 0 spiro atoms. The minimum Gasteiger partial charge on any atom is -0.490 e. The van der Waals surface area contributed by atoms with E-state index in [2.05, 4.69) is 30.6 Å². The first-order valence-corrected chi connectivity index (χ1v) is 13.1. The quantitative estimate of drug-likeness (QED) is 0.254. The number of halogens is 1. The SMILES string of the molecule is C=CCOc1ccc(C2c3c(oc4ccc(F)cc4c3=O)C(=O)N2c2nnc(CC(C)C)s2)cc1OCC.